The molecule has 2 fully saturated rings. The van der Waals surface area contributed by atoms with Gasteiger partial charge >= 0.3 is 5.97 Å². The van der Waals surface area contributed by atoms with Crippen LogP contribution in [0.4, 0.5) is 0 Å². The summed E-state index contributed by atoms with van der Waals surface area (Å²) in [5.74, 6) is -0.466. The fraction of sp³-hybridized carbons (Fsp3) is 0.857. The maximum atomic E-state index is 12.6. The third-order valence-corrected chi connectivity index (χ3v) is 4.97. The van der Waals surface area contributed by atoms with E-state index in [1.807, 2.05) is 6.92 Å². The van der Waals surface area contributed by atoms with E-state index in [1.165, 1.54) is 0 Å². The Morgan fingerprint density at radius 3 is 2.72 bits per heavy atom. The molecule has 0 aromatic heterocycles. The minimum absolute atomic E-state index is 0.0125. The predicted octanol–water partition coefficient (Wildman–Crippen LogP) is 2.00. The number of Topliss-reactive ketones (excluding diaryl/α,β-unsaturated/α-hetero) is 1. The third-order valence-electron chi connectivity index (χ3n) is 4.97. The molecule has 4 heteroatoms. The molecule has 0 aromatic rings. The summed E-state index contributed by atoms with van der Waals surface area (Å²) in [4.78, 5) is 23.6. The van der Waals surface area contributed by atoms with E-state index in [1.54, 1.807) is 0 Å². The van der Waals surface area contributed by atoms with E-state index < -0.39 is 11.4 Å². The number of ketones is 1. The second-order valence-corrected chi connectivity index (χ2v) is 5.94. The van der Waals surface area contributed by atoms with Gasteiger partial charge in [-0.05, 0) is 44.4 Å². The molecular formula is C14H22O4. The minimum Gasteiger partial charge on any atom is -0.481 e. The van der Waals surface area contributed by atoms with Crippen LogP contribution in [0.25, 0.3) is 0 Å². The van der Waals surface area contributed by atoms with Crippen LogP contribution in [-0.4, -0.2) is 28.1 Å². The lowest BCUT2D eigenvalue weighted by molar-refractivity contribution is -0.152. The highest BCUT2D eigenvalue weighted by molar-refractivity contribution is 5.91. The van der Waals surface area contributed by atoms with E-state index in [0.29, 0.717) is 25.7 Å². The molecule has 18 heavy (non-hydrogen) atoms. The van der Waals surface area contributed by atoms with Gasteiger partial charge in [-0.2, -0.15) is 0 Å². The Balaban J connectivity index is 2.17. The number of fused-ring (bicyclic) bond motifs is 1. The molecule has 2 rings (SSSR count). The largest absolute Gasteiger partial charge is 0.481 e. The number of carbonyl (C=O) groups is 2. The number of aliphatic hydroxyl groups is 1. The van der Waals surface area contributed by atoms with Crippen molar-refractivity contribution in [3.05, 3.63) is 0 Å². The molecule has 102 valence electrons. The van der Waals surface area contributed by atoms with Gasteiger partial charge in [0, 0.05) is 11.3 Å². The first-order valence-corrected chi connectivity index (χ1v) is 6.92. The summed E-state index contributed by atoms with van der Waals surface area (Å²) in [5.41, 5.74) is -0.644. The smallest absolute Gasteiger partial charge is 0.304 e. The van der Waals surface area contributed by atoms with Crippen LogP contribution in [0.1, 0.15) is 51.9 Å². The van der Waals surface area contributed by atoms with E-state index in [-0.39, 0.29) is 30.1 Å². The van der Waals surface area contributed by atoms with Crippen LogP contribution < -0.4 is 0 Å². The van der Waals surface area contributed by atoms with Gasteiger partial charge in [-0.3, -0.25) is 9.59 Å². The zero-order valence-corrected chi connectivity index (χ0v) is 10.9. The van der Waals surface area contributed by atoms with Crippen molar-refractivity contribution in [1.29, 1.82) is 0 Å². The fourth-order valence-corrected chi connectivity index (χ4v) is 3.82. The van der Waals surface area contributed by atoms with E-state index in [2.05, 4.69) is 0 Å². The van der Waals surface area contributed by atoms with E-state index in [0.717, 1.165) is 12.8 Å². The lowest BCUT2D eigenvalue weighted by Gasteiger charge is -2.45. The summed E-state index contributed by atoms with van der Waals surface area (Å²) in [6, 6.07) is 0. The number of hydrogen-bond acceptors (Lipinski definition) is 3. The molecule has 4 nitrogen and oxygen atoms in total. The van der Waals surface area contributed by atoms with Crippen LogP contribution in [0.5, 0.6) is 0 Å². The number of aliphatic hydroxyl groups excluding tert-OH is 1. The molecule has 0 heterocycles. The van der Waals surface area contributed by atoms with Gasteiger partial charge in [-0.1, -0.05) is 6.92 Å². The second-order valence-electron chi connectivity index (χ2n) is 5.94. The topological polar surface area (TPSA) is 74.6 Å². The van der Waals surface area contributed by atoms with Crippen molar-refractivity contribution in [2.45, 2.75) is 58.0 Å². The summed E-state index contributed by atoms with van der Waals surface area (Å²) >= 11 is 0. The standard InChI is InChI=1S/C14H22O4/c1-2-14(8-12(16)17)6-5-9-7-10(15)3-4-11(9)13(14)18/h9-11,15H,2-8H2,1H3,(H,16,17). The van der Waals surface area contributed by atoms with E-state index >= 15 is 0 Å². The van der Waals surface area contributed by atoms with Crippen molar-refractivity contribution in [3.8, 4) is 0 Å². The first kappa shape index (κ1) is 13.5. The van der Waals surface area contributed by atoms with Gasteiger partial charge in [0.2, 0.25) is 0 Å². The molecule has 0 aliphatic heterocycles. The molecule has 0 radical (unpaired) electrons. The second kappa shape index (κ2) is 5.00. The lowest BCUT2D eigenvalue weighted by atomic mass is 9.58. The van der Waals surface area contributed by atoms with Crippen molar-refractivity contribution in [3.63, 3.8) is 0 Å². The summed E-state index contributed by atoms with van der Waals surface area (Å²) in [6.45, 7) is 1.92. The predicted molar refractivity (Wildman–Crippen MR) is 66.1 cm³/mol. The van der Waals surface area contributed by atoms with Crippen LogP contribution in [-0.2, 0) is 9.59 Å². The van der Waals surface area contributed by atoms with Crippen LogP contribution in [0, 0.1) is 17.3 Å². The number of hydrogen-bond donors (Lipinski definition) is 2. The average molecular weight is 254 g/mol. The molecule has 0 bridgehead atoms. The maximum absolute atomic E-state index is 12.6. The molecule has 2 aliphatic rings. The molecule has 0 aromatic carbocycles. The fourth-order valence-electron chi connectivity index (χ4n) is 3.82. The lowest BCUT2D eigenvalue weighted by Crippen LogP contribution is -2.47. The van der Waals surface area contributed by atoms with Crippen molar-refractivity contribution < 1.29 is 19.8 Å². The van der Waals surface area contributed by atoms with Crippen molar-refractivity contribution in [2.75, 3.05) is 0 Å². The molecule has 2 saturated carbocycles. The zero-order chi connectivity index (χ0) is 13.3. The number of carboxylic acids is 1. The molecule has 0 spiro atoms. The van der Waals surface area contributed by atoms with Crippen LogP contribution in [0.2, 0.25) is 0 Å². The molecule has 0 amide bonds. The first-order valence-electron chi connectivity index (χ1n) is 6.92. The van der Waals surface area contributed by atoms with Crippen LogP contribution >= 0.6 is 0 Å². The van der Waals surface area contributed by atoms with Gasteiger partial charge in [0.25, 0.3) is 0 Å². The van der Waals surface area contributed by atoms with Crippen molar-refractivity contribution in [1.82, 2.24) is 0 Å². The third kappa shape index (κ3) is 2.30. The molecule has 2 aliphatic carbocycles. The number of carbonyl (C=O) groups excluding carboxylic acids is 1. The Bertz CT molecular complexity index is 352. The molecule has 4 unspecified atom stereocenters. The Labute approximate surface area is 107 Å². The number of rotatable bonds is 3. The average Bonchev–Trinajstić information content (AvgIpc) is 2.32. The summed E-state index contributed by atoms with van der Waals surface area (Å²) in [6.07, 6.45) is 3.98. The summed E-state index contributed by atoms with van der Waals surface area (Å²) in [7, 11) is 0. The van der Waals surface area contributed by atoms with Crippen LogP contribution in [0.3, 0.4) is 0 Å². The summed E-state index contributed by atoms with van der Waals surface area (Å²) in [5, 5.41) is 18.7. The van der Waals surface area contributed by atoms with Gasteiger partial charge < -0.3 is 10.2 Å². The van der Waals surface area contributed by atoms with E-state index in [9.17, 15) is 14.7 Å². The summed E-state index contributed by atoms with van der Waals surface area (Å²) < 4.78 is 0. The highest BCUT2D eigenvalue weighted by Gasteiger charge is 2.49. The zero-order valence-electron chi connectivity index (χ0n) is 10.9. The highest BCUT2D eigenvalue weighted by Crippen LogP contribution is 2.48. The molecular weight excluding hydrogens is 232 g/mol. The molecule has 2 N–H and O–H groups in total. The molecule has 4 atom stereocenters. The number of carboxylic acid groups (broad SMARTS) is 1. The Hall–Kier alpha value is -0.900. The Morgan fingerprint density at radius 2 is 2.11 bits per heavy atom. The van der Waals surface area contributed by atoms with Gasteiger partial charge in [-0.15, -0.1) is 0 Å². The molecule has 0 saturated heterocycles. The van der Waals surface area contributed by atoms with Gasteiger partial charge in [0.05, 0.1) is 12.5 Å². The van der Waals surface area contributed by atoms with Gasteiger partial charge in [-0.25, -0.2) is 0 Å². The van der Waals surface area contributed by atoms with Gasteiger partial charge in [0.1, 0.15) is 5.78 Å². The number of aliphatic carboxylic acids is 1. The quantitative estimate of drug-likeness (QED) is 0.807. The van der Waals surface area contributed by atoms with Crippen molar-refractivity contribution >= 4 is 11.8 Å². The van der Waals surface area contributed by atoms with Crippen molar-refractivity contribution in [2.24, 2.45) is 17.3 Å². The Kier molecular flexibility index (Phi) is 3.76. The Morgan fingerprint density at radius 1 is 1.39 bits per heavy atom. The first-order chi connectivity index (χ1) is 8.48. The van der Waals surface area contributed by atoms with Crippen LogP contribution in [0.15, 0.2) is 0 Å². The minimum atomic E-state index is -0.875. The van der Waals surface area contributed by atoms with Gasteiger partial charge in [0.15, 0.2) is 0 Å². The SMILES string of the molecule is CCC1(CC(=O)O)CCC2CC(O)CCC2C1=O. The van der Waals surface area contributed by atoms with E-state index in [4.69, 9.17) is 5.11 Å². The highest BCUT2D eigenvalue weighted by atomic mass is 16.4. The monoisotopic (exact) mass is 254 g/mol. The maximum Gasteiger partial charge on any atom is 0.304 e. The normalized spacial score (nSPS) is 40.3.